The van der Waals surface area contributed by atoms with Crippen LogP contribution in [0.2, 0.25) is 0 Å². The molecule has 5 rings (SSSR count). The summed E-state index contributed by atoms with van der Waals surface area (Å²) >= 11 is 0. The number of aryl methyl sites for hydroxylation is 1. The van der Waals surface area contributed by atoms with Crippen molar-refractivity contribution in [2.45, 2.75) is 19.8 Å². The van der Waals surface area contributed by atoms with Crippen LogP contribution in [0.25, 0.3) is 16.9 Å². The largest absolute Gasteiger partial charge is 0.497 e. The van der Waals surface area contributed by atoms with Gasteiger partial charge in [-0.2, -0.15) is 9.61 Å². The van der Waals surface area contributed by atoms with Crippen molar-refractivity contribution in [3.05, 3.63) is 82.3 Å². The van der Waals surface area contributed by atoms with Gasteiger partial charge in [-0.3, -0.25) is 9.59 Å². The fourth-order valence-electron chi connectivity index (χ4n) is 4.87. The van der Waals surface area contributed by atoms with Crippen LogP contribution in [0.1, 0.15) is 17.7 Å². The normalized spacial score (nSPS) is 13.9. The minimum atomic E-state index is -0.170. The summed E-state index contributed by atoms with van der Waals surface area (Å²) in [6, 6.07) is 19.8. The summed E-state index contributed by atoms with van der Waals surface area (Å²) in [5, 5.41) is 4.60. The van der Waals surface area contributed by atoms with Crippen LogP contribution in [-0.2, 0) is 18.3 Å². The molecule has 3 heterocycles. The van der Waals surface area contributed by atoms with E-state index in [1.807, 2.05) is 72.0 Å². The summed E-state index contributed by atoms with van der Waals surface area (Å²) in [6.45, 7) is 4.92. The van der Waals surface area contributed by atoms with Crippen molar-refractivity contribution < 1.29 is 9.53 Å². The molecule has 0 bridgehead atoms. The number of carbonyl (C=O) groups is 1. The fraction of sp³-hybridized carbons (Fsp3) is 0.321. The number of amides is 1. The minimum absolute atomic E-state index is 0.0850. The molecule has 0 N–H and O–H groups in total. The molecule has 0 unspecified atom stereocenters. The molecule has 8 nitrogen and oxygen atoms in total. The predicted molar refractivity (Wildman–Crippen MR) is 141 cm³/mol. The van der Waals surface area contributed by atoms with Crippen molar-refractivity contribution in [2.75, 3.05) is 38.2 Å². The van der Waals surface area contributed by atoms with E-state index in [2.05, 4.69) is 22.1 Å². The summed E-state index contributed by atoms with van der Waals surface area (Å²) in [7, 11) is 3.55. The number of anilines is 1. The first-order valence-corrected chi connectivity index (χ1v) is 12.3. The van der Waals surface area contributed by atoms with Gasteiger partial charge >= 0.3 is 0 Å². The van der Waals surface area contributed by atoms with E-state index in [-0.39, 0.29) is 11.5 Å². The summed E-state index contributed by atoms with van der Waals surface area (Å²) in [6.07, 6.45) is 0.692. The number of fused-ring (bicyclic) bond motifs is 1. The molecule has 0 atom stereocenters. The van der Waals surface area contributed by atoms with E-state index in [1.54, 1.807) is 7.11 Å². The van der Waals surface area contributed by atoms with E-state index in [9.17, 15) is 9.59 Å². The highest BCUT2D eigenvalue weighted by molar-refractivity contribution is 5.77. The Morgan fingerprint density at radius 3 is 2.47 bits per heavy atom. The Bertz CT molecular complexity index is 1450. The summed E-state index contributed by atoms with van der Waals surface area (Å²) in [5.41, 5.74) is 4.78. The molecule has 0 spiro atoms. The lowest BCUT2D eigenvalue weighted by atomic mass is 10.1. The van der Waals surface area contributed by atoms with E-state index < -0.39 is 0 Å². The monoisotopic (exact) mass is 485 g/mol. The highest BCUT2D eigenvalue weighted by atomic mass is 16.5. The number of nitrogens with zero attached hydrogens (tertiary/aromatic N) is 5. The quantitative estimate of drug-likeness (QED) is 0.419. The van der Waals surface area contributed by atoms with Gasteiger partial charge in [-0.25, -0.2) is 0 Å². The van der Waals surface area contributed by atoms with Gasteiger partial charge in [-0.05, 0) is 37.6 Å². The molecule has 1 amide bonds. The number of piperazine rings is 1. The molecule has 8 heteroatoms. The predicted octanol–water partition coefficient (Wildman–Crippen LogP) is 3.30. The highest BCUT2D eigenvalue weighted by Crippen LogP contribution is 2.24. The van der Waals surface area contributed by atoms with Crippen LogP contribution in [0.4, 0.5) is 5.69 Å². The molecule has 0 saturated carbocycles. The second-order valence-corrected chi connectivity index (χ2v) is 9.16. The first-order valence-electron chi connectivity index (χ1n) is 12.3. The zero-order valence-corrected chi connectivity index (χ0v) is 21.0. The number of hydrogen-bond acceptors (Lipinski definition) is 5. The number of ether oxygens (including phenoxy) is 1. The second-order valence-electron chi connectivity index (χ2n) is 9.16. The van der Waals surface area contributed by atoms with Crippen molar-refractivity contribution in [1.29, 1.82) is 0 Å². The number of para-hydroxylation sites is 1. The second kappa shape index (κ2) is 9.89. The van der Waals surface area contributed by atoms with E-state index >= 15 is 0 Å². The van der Waals surface area contributed by atoms with Crippen molar-refractivity contribution in [2.24, 2.45) is 7.05 Å². The lowest BCUT2D eigenvalue weighted by molar-refractivity contribution is -0.131. The molecule has 1 fully saturated rings. The lowest BCUT2D eigenvalue weighted by Crippen LogP contribution is -2.48. The Kier molecular flexibility index (Phi) is 6.50. The van der Waals surface area contributed by atoms with Crippen LogP contribution in [0.3, 0.4) is 0 Å². The minimum Gasteiger partial charge on any atom is -0.497 e. The van der Waals surface area contributed by atoms with Gasteiger partial charge in [0, 0.05) is 68.2 Å². The van der Waals surface area contributed by atoms with Gasteiger partial charge in [0.2, 0.25) is 5.91 Å². The van der Waals surface area contributed by atoms with Crippen molar-refractivity contribution in [1.82, 2.24) is 19.1 Å². The molecule has 2 aromatic carbocycles. The Balaban J connectivity index is 1.31. The number of carbonyl (C=O) groups excluding carboxylic acids is 1. The Morgan fingerprint density at radius 1 is 1.00 bits per heavy atom. The average molecular weight is 486 g/mol. The molecule has 0 radical (unpaired) electrons. The number of rotatable bonds is 6. The molecular formula is C28H31N5O3. The number of hydrogen-bond donors (Lipinski definition) is 0. The third-order valence-corrected chi connectivity index (χ3v) is 7.13. The molecule has 1 aliphatic rings. The first-order chi connectivity index (χ1) is 17.5. The number of aromatic nitrogens is 3. The molecule has 4 aromatic rings. The Labute approximate surface area is 210 Å². The van der Waals surface area contributed by atoms with E-state index in [0.717, 1.165) is 30.1 Å². The maximum Gasteiger partial charge on any atom is 0.277 e. The molecule has 36 heavy (non-hydrogen) atoms. The third-order valence-electron chi connectivity index (χ3n) is 7.13. The van der Waals surface area contributed by atoms with E-state index in [0.29, 0.717) is 42.8 Å². The molecule has 1 saturated heterocycles. The fourth-order valence-corrected chi connectivity index (χ4v) is 4.87. The van der Waals surface area contributed by atoms with Crippen molar-refractivity contribution in [3.8, 4) is 17.0 Å². The van der Waals surface area contributed by atoms with Gasteiger partial charge in [0.25, 0.3) is 5.56 Å². The Hall–Kier alpha value is -4.07. The Morgan fingerprint density at radius 2 is 1.75 bits per heavy atom. The molecule has 1 aliphatic heterocycles. The third kappa shape index (κ3) is 4.46. The van der Waals surface area contributed by atoms with E-state index in [1.165, 1.54) is 10.2 Å². The first kappa shape index (κ1) is 23.7. The van der Waals surface area contributed by atoms with Gasteiger partial charge in [0.1, 0.15) is 11.4 Å². The van der Waals surface area contributed by atoms with Crippen LogP contribution in [-0.4, -0.2) is 58.3 Å². The van der Waals surface area contributed by atoms with Crippen LogP contribution in [0.15, 0.2) is 65.5 Å². The van der Waals surface area contributed by atoms with Gasteiger partial charge in [0.05, 0.1) is 12.8 Å². The summed E-state index contributed by atoms with van der Waals surface area (Å²) in [5.74, 6) is 0.818. The smallest absolute Gasteiger partial charge is 0.277 e. The van der Waals surface area contributed by atoms with Crippen LogP contribution >= 0.6 is 0 Å². The zero-order valence-electron chi connectivity index (χ0n) is 21.0. The molecule has 0 aliphatic carbocycles. The number of methoxy groups -OCH3 is 1. The van der Waals surface area contributed by atoms with Gasteiger partial charge in [-0.1, -0.05) is 30.3 Å². The summed E-state index contributed by atoms with van der Waals surface area (Å²) < 4.78 is 8.74. The molecule has 2 aromatic heterocycles. The maximum atomic E-state index is 13.4. The van der Waals surface area contributed by atoms with Crippen LogP contribution < -0.4 is 15.2 Å². The van der Waals surface area contributed by atoms with Crippen molar-refractivity contribution in [3.63, 3.8) is 0 Å². The zero-order chi connectivity index (χ0) is 25.2. The molecular weight excluding hydrogens is 454 g/mol. The standard InChI is InChI=1S/C28H31N5O3/c1-20-24(12-13-27(34)32-16-14-31(15-17-32)22-9-5-4-6-10-22)28(35)33-26(30(20)2)19-25(29-33)21-8-7-11-23(18-21)36-3/h4-11,18-19H,12-17H2,1-3H3. The summed E-state index contributed by atoms with van der Waals surface area (Å²) in [4.78, 5) is 30.6. The SMILES string of the molecule is COc1cccc(-c2cc3n(C)c(C)c(CCC(=O)N4CCN(c5ccccc5)CC4)c(=O)n3n2)c1. The van der Waals surface area contributed by atoms with Crippen LogP contribution in [0, 0.1) is 6.92 Å². The topological polar surface area (TPSA) is 72.1 Å². The van der Waals surface area contributed by atoms with Gasteiger partial charge in [0.15, 0.2) is 0 Å². The van der Waals surface area contributed by atoms with Crippen LogP contribution in [0.5, 0.6) is 5.75 Å². The lowest BCUT2D eigenvalue weighted by Gasteiger charge is -2.36. The van der Waals surface area contributed by atoms with Gasteiger partial charge in [-0.15, -0.1) is 0 Å². The number of benzene rings is 2. The highest BCUT2D eigenvalue weighted by Gasteiger charge is 2.22. The maximum absolute atomic E-state index is 13.4. The average Bonchev–Trinajstić information content (AvgIpc) is 3.38. The van der Waals surface area contributed by atoms with E-state index in [4.69, 9.17) is 4.74 Å². The van der Waals surface area contributed by atoms with Crippen molar-refractivity contribution >= 4 is 17.2 Å². The van der Waals surface area contributed by atoms with Gasteiger partial charge < -0.3 is 19.1 Å². The molecule has 186 valence electrons.